The van der Waals surface area contributed by atoms with Crippen LogP contribution in [-0.2, 0) is 0 Å². The van der Waals surface area contributed by atoms with Crippen molar-refractivity contribution in [3.63, 3.8) is 0 Å². The van der Waals surface area contributed by atoms with Crippen LogP contribution in [0.3, 0.4) is 0 Å². The highest BCUT2D eigenvalue weighted by Crippen LogP contribution is 1.98. The first-order valence-electron chi connectivity index (χ1n) is 5.45. The van der Waals surface area contributed by atoms with E-state index in [1.165, 1.54) is 12.3 Å². The van der Waals surface area contributed by atoms with Crippen LogP contribution < -0.4 is 0 Å². The molecule has 0 atom stereocenters. The number of hydrogen-bond acceptors (Lipinski definition) is 3. The summed E-state index contributed by atoms with van der Waals surface area (Å²) in [7, 11) is 0. The van der Waals surface area contributed by atoms with Gasteiger partial charge in [-0.2, -0.15) is 0 Å². The number of aryl methyl sites for hydroxylation is 1. The summed E-state index contributed by atoms with van der Waals surface area (Å²) >= 11 is 0. The topological polar surface area (TPSA) is 87.5 Å². The minimum Gasteiger partial charge on any atom is -0.478 e. The smallest absolute Gasteiger partial charge is 0.337 e. The van der Waals surface area contributed by atoms with Crippen LogP contribution in [-0.4, -0.2) is 27.1 Å². The Morgan fingerprint density at radius 2 is 1.47 bits per heavy atom. The summed E-state index contributed by atoms with van der Waals surface area (Å²) in [5, 5.41) is 16.8. The van der Waals surface area contributed by atoms with Crippen molar-refractivity contribution in [1.82, 2.24) is 4.98 Å². The Balaban J connectivity index is 0.000000191. The highest BCUT2D eigenvalue weighted by Gasteiger charge is 1.99. The number of carboxylic acid groups (broad SMARTS) is 2. The molecule has 19 heavy (non-hydrogen) atoms. The van der Waals surface area contributed by atoms with Crippen LogP contribution in [0.5, 0.6) is 0 Å². The van der Waals surface area contributed by atoms with Gasteiger partial charge in [0, 0.05) is 11.9 Å². The first-order chi connectivity index (χ1) is 9.00. The average molecular weight is 259 g/mol. The van der Waals surface area contributed by atoms with E-state index in [2.05, 4.69) is 4.98 Å². The van der Waals surface area contributed by atoms with Gasteiger partial charge in [-0.15, -0.1) is 0 Å². The van der Waals surface area contributed by atoms with Crippen molar-refractivity contribution in [1.29, 1.82) is 0 Å². The van der Waals surface area contributed by atoms with Crippen molar-refractivity contribution < 1.29 is 19.8 Å². The Morgan fingerprint density at radius 1 is 0.895 bits per heavy atom. The second-order valence-electron chi connectivity index (χ2n) is 3.66. The fourth-order valence-corrected chi connectivity index (χ4v) is 1.18. The molecule has 1 aromatic carbocycles. The molecule has 2 rings (SSSR count). The van der Waals surface area contributed by atoms with Crippen molar-refractivity contribution in [2.24, 2.45) is 0 Å². The van der Waals surface area contributed by atoms with Crippen LogP contribution >= 0.6 is 0 Å². The number of aromatic nitrogens is 1. The van der Waals surface area contributed by atoms with Crippen LogP contribution in [0.2, 0.25) is 0 Å². The van der Waals surface area contributed by atoms with Gasteiger partial charge in [-0.1, -0.05) is 18.2 Å². The molecule has 0 aliphatic heterocycles. The summed E-state index contributed by atoms with van der Waals surface area (Å²) in [4.78, 5) is 24.3. The second-order valence-corrected chi connectivity index (χ2v) is 3.66. The highest BCUT2D eigenvalue weighted by atomic mass is 16.4. The molecular formula is C14H13NO4. The van der Waals surface area contributed by atoms with Gasteiger partial charge in [0.2, 0.25) is 0 Å². The fraction of sp³-hybridized carbons (Fsp3) is 0.0714. The maximum atomic E-state index is 10.3. The molecule has 0 saturated carbocycles. The predicted molar refractivity (Wildman–Crippen MR) is 69.3 cm³/mol. The minimum absolute atomic E-state index is 0.227. The summed E-state index contributed by atoms with van der Waals surface area (Å²) < 4.78 is 0. The Kier molecular flexibility index (Phi) is 5.22. The zero-order valence-electron chi connectivity index (χ0n) is 10.3. The van der Waals surface area contributed by atoms with E-state index >= 15 is 0 Å². The molecule has 0 aliphatic rings. The summed E-state index contributed by atoms with van der Waals surface area (Å²) in [5.41, 5.74) is 1.38. The molecule has 0 saturated heterocycles. The van der Waals surface area contributed by atoms with E-state index in [1.807, 2.05) is 6.92 Å². The van der Waals surface area contributed by atoms with E-state index in [4.69, 9.17) is 10.2 Å². The Labute approximate surface area is 110 Å². The lowest BCUT2D eigenvalue weighted by atomic mass is 10.2. The van der Waals surface area contributed by atoms with E-state index in [0.717, 1.165) is 5.69 Å². The number of benzene rings is 1. The quantitative estimate of drug-likeness (QED) is 0.865. The Bertz CT molecular complexity index is 549. The third kappa shape index (κ3) is 4.99. The molecule has 1 aromatic heterocycles. The molecule has 0 radical (unpaired) electrons. The lowest BCUT2D eigenvalue weighted by Crippen LogP contribution is -1.96. The maximum Gasteiger partial charge on any atom is 0.337 e. The van der Waals surface area contributed by atoms with Gasteiger partial charge >= 0.3 is 11.9 Å². The van der Waals surface area contributed by atoms with Crippen LogP contribution in [0.15, 0.2) is 48.7 Å². The Morgan fingerprint density at radius 3 is 1.84 bits per heavy atom. The van der Waals surface area contributed by atoms with E-state index in [-0.39, 0.29) is 5.56 Å². The number of carboxylic acids is 2. The van der Waals surface area contributed by atoms with Crippen molar-refractivity contribution in [3.05, 3.63) is 65.5 Å². The maximum absolute atomic E-state index is 10.3. The van der Waals surface area contributed by atoms with Crippen molar-refractivity contribution >= 4 is 11.9 Å². The van der Waals surface area contributed by atoms with Gasteiger partial charge in [0.25, 0.3) is 0 Å². The van der Waals surface area contributed by atoms with E-state index in [1.54, 1.807) is 36.4 Å². The second kappa shape index (κ2) is 6.90. The molecular weight excluding hydrogens is 246 g/mol. The third-order valence-corrected chi connectivity index (χ3v) is 2.18. The molecule has 0 spiro atoms. The van der Waals surface area contributed by atoms with Crippen LogP contribution in [0.25, 0.3) is 0 Å². The molecule has 0 unspecified atom stereocenters. The van der Waals surface area contributed by atoms with Crippen molar-refractivity contribution in [2.45, 2.75) is 6.92 Å². The molecule has 1 heterocycles. The molecule has 0 bridgehead atoms. The lowest BCUT2D eigenvalue weighted by molar-refractivity contribution is 0.0686. The van der Waals surface area contributed by atoms with Crippen LogP contribution in [0, 0.1) is 6.92 Å². The van der Waals surface area contributed by atoms with Gasteiger partial charge in [-0.05, 0) is 31.2 Å². The van der Waals surface area contributed by atoms with E-state index in [9.17, 15) is 9.59 Å². The van der Waals surface area contributed by atoms with E-state index < -0.39 is 11.9 Å². The molecule has 5 heteroatoms. The third-order valence-electron chi connectivity index (χ3n) is 2.18. The zero-order valence-corrected chi connectivity index (χ0v) is 10.3. The molecule has 2 N–H and O–H groups in total. The van der Waals surface area contributed by atoms with Crippen LogP contribution in [0.1, 0.15) is 26.4 Å². The number of carbonyl (C=O) groups is 2. The molecule has 5 nitrogen and oxygen atoms in total. The standard InChI is InChI=1S/C7H7NO2.C7H6O2/c1-5-2-3-6(4-8-5)7(9)10;8-7(9)6-4-2-1-3-5-6/h2-4H,1H3,(H,9,10);1-5H,(H,8,9). The van der Waals surface area contributed by atoms with Gasteiger partial charge in [0.15, 0.2) is 0 Å². The molecule has 0 aliphatic carbocycles. The van der Waals surface area contributed by atoms with Crippen LogP contribution in [0.4, 0.5) is 0 Å². The number of hydrogen-bond donors (Lipinski definition) is 2. The number of nitrogens with zero attached hydrogens (tertiary/aromatic N) is 1. The summed E-state index contributed by atoms with van der Waals surface area (Å²) in [5.74, 6) is -1.82. The van der Waals surface area contributed by atoms with E-state index in [0.29, 0.717) is 5.56 Å². The Hall–Kier alpha value is -2.69. The summed E-state index contributed by atoms with van der Waals surface area (Å²) in [6, 6.07) is 11.5. The normalized spacial score (nSPS) is 9.11. The monoisotopic (exact) mass is 259 g/mol. The van der Waals surface area contributed by atoms with Gasteiger partial charge in [-0.3, -0.25) is 4.98 Å². The fourth-order valence-electron chi connectivity index (χ4n) is 1.18. The van der Waals surface area contributed by atoms with Gasteiger partial charge < -0.3 is 10.2 Å². The first-order valence-corrected chi connectivity index (χ1v) is 5.45. The molecule has 98 valence electrons. The summed E-state index contributed by atoms with van der Waals surface area (Å²) in [6.07, 6.45) is 1.34. The summed E-state index contributed by atoms with van der Waals surface area (Å²) in [6.45, 7) is 1.81. The number of rotatable bonds is 2. The largest absolute Gasteiger partial charge is 0.478 e. The minimum atomic E-state index is -0.937. The van der Waals surface area contributed by atoms with Crippen molar-refractivity contribution in [2.75, 3.05) is 0 Å². The first kappa shape index (κ1) is 14.4. The molecule has 0 fully saturated rings. The molecule has 0 amide bonds. The highest BCUT2D eigenvalue weighted by molar-refractivity contribution is 5.87. The van der Waals surface area contributed by atoms with Crippen molar-refractivity contribution in [3.8, 4) is 0 Å². The SMILES string of the molecule is Cc1ccc(C(=O)O)cn1.O=C(O)c1ccccc1. The van der Waals surface area contributed by atoms with Gasteiger partial charge in [0.05, 0.1) is 11.1 Å². The van der Waals surface area contributed by atoms with Gasteiger partial charge in [-0.25, -0.2) is 9.59 Å². The number of pyridine rings is 1. The molecule has 2 aromatic rings. The number of aromatic carboxylic acids is 2. The lowest BCUT2D eigenvalue weighted by Gasteiger charge is -1.92. The predicted octanol–water partition coefficient (Wildman–Crippen LogP) is 2.47. The zero-order chi connectivity index (χ0) is 14.3. The van der Waals surface area contributed by atoms with Gasteiger partial charge in [0.1, 0.15) is 0 Å². The average Bonchev–Trinajstić information content (AvgIpc) is 2.41.